The fraction of sp³-hybridized carbons (Fsp3) is 0.364. The second-order valence-corrected chi connectivity index (χ2v) is 9.69. The summed E-state index contributed by atoms with van der Waals surface area (Å²) >= 11 is 6.56. The summed E-state index contributed by atoms with van der Waals surface area (Å²) in [5.74, 6) is 1.44. The number of carbonyl (C=O) groups is 1. The number of carbonyl (C=O) groups excluding carboxylic acids is 1. The fourth-order valence-corrected chi connectivity index (χ4v) is 5.47. The van der Waals surface area contributed by atoms with Gasteiger partial charge in [0.2, 0.25) is 0 Å². The Labute approximate surface area is 185 Å². The molecule has 2 fully saturated rings. The van der Waals surface area contributed by atoms with E-state index in [1.807, 2.05) is 12.1 Å². The second kappa shape index (κ2) is 8.35. The molecule has 2 atom stereocenters. The van der Waals surface area contributed by atoms with E-state index in [0.717, 1.165) is 19.5 Å². The lowest BCUT2D eigenvalue weighted by Crippen LogP contribution is -2.40. The van der Waals surface area contributed by atoms with Gasteiger partial charge in [0.05, 0.1) is 10.5 Å². The van der Waals surface area contributed by atoms with E-state index in [9.17, 15) is 9.59 Å². The molecule has 6 nitrogen and oxygen atoms in total. The first kappa shape index (κ1) is 20.8. The molecule has 0 radical (unpaired) electrons. The van der Waals surface area contributed by atoms with Crippen LogP contribution in [0, 0.1) is 11.8 Å². The molecule has 2 aromatic rings. The van der Waals surface area contributed by atoms with Crippen LogP contribution in [0.4, 0.5) is 5.82 Å². The van der Waals surface area contributed by atoms with Crippen molar-refractivity contribution in [3.63, 3.8) is 0 Å². The van der Waals surface area contributed by atoms with Crippen LogP contribution in [0.1, 0.15) is 25.8 Å². The quantitative estimate of drug-likeness (QED) is 0.412. The van der Waals surface area contributed by atoms with Crippen LogP contribution in [0.25, 0.3) is 11.7 Å². The highest BCUT2D eigenvalue weighted by molar-refractivity contribution is 8.26. The first-order valence-corrected chi connectivity index (χ1v) is 11.2. The number of pyridine rings is 1. The van der Waals surface area contributed by atoms with E-state index in [0.29, 0.717) is 44.6 Å². The highest BCUT2D eigenvalue weighted by atomic mass is 32.2. The van der Waals surface area contributed by atoms with Gasteiger partial charge in [-0.1, -0.05) is 50.0 Å². The van der Waals surface area contributed by atoms with Crippen LogP contribution in [-0.2, 0) is 4.79 Å². The van der Waals surface area contributed by atoms with Crippen LogP contribution in [0.5, 0.6) is 0 Å². The lowest BCUT2D eigenvalue weighted by Gasteiger charge is -2.36. The van der Waals surface area contributed by atoms with Crippen LogP contribution >= 0.6 is 24.0 Å². The van der Waals surface area contributed by atoms with Crippen molar-refractivity contribution in [3.05, 3.63) is 57.9 Å². The summed E-state index contributed by atoms with van der Waals surface area (Å²) in [6.07, 6.45) is 6.16. The minimum absolute atomic E-state index is 0.185. The molecule has 8 heteroatoms. The highest BCUT2D eigenvalue weighted by Crippen LogP contribution is 2.34. The van der Waals surface area contributed by atoms with E-state index < -0.39 is 0 Å². The number of hydrogen-bond acceptors (Lipinski definition) is 6. The number of aromatic nitrogens is 2. The Bertz CT molecular complexity index is 1110. The first-order valence-electron chi connectivity index (χ1n) is 10.0. The van der Waals surface area contributed by atoms with Crippen LogP contribution in [-0.4, -0.2) is 44.1 Å². The smallest absolute Gasteiger partial charge is 0.267 e. The van der Waals surface area contributed by atoms with E-state index in [1.54, 1.807) is 24.4 Å². The standard InChI is InChI=1S/C22H24N4O2S2/c1-4-8-26-21(28)17(30-22(26)29)11-16-19(24-12-14(2)10-15(3)13-24)23-18-7-5-6-9-25(18)20(16)27/h4-7,9,11,14-15H,1,8,10,12-13H2,2-3H3. The normalized spacial score (nSPS) is 23.6. The van der Waals surface area contributed by atoms with Gasteiger partial charge in [0.1, 0.15) is 15.8 Å². The van der Waals surface area contributed by atoms with E-state index >= 15 is 0 Å². The predicted molar refractivity (Wildman–Crippen MR) is 127 cm³/mol. The molecule has 0 N–H and O–H groups in total. The number of thiocarbonyl (C=S) groups is 1. The number of thioether (sulfide) groups is 1. The molecule has 4 rings (SSSR count). The Hall–Kier alpha value is -2.45. The van der Waals surface area contributed by atoms with Crippen LogP contribution in [0.15, 0.2) is 46.8 Å². The average Bonchev–Trinajstić information content (AvgIpc) is 2.97. The summed E-state index contributed by atoms with van der Waals surface area (Å²) in [5.41, 5.74) is 0.842. The van der Waals surface area contributed by atoms with Gasteiger partial charge in [-0.15, -0.1) is 6.58 Å². The molecular weight excluding hydrogens is 416 g/mol. The Morgan fingerprint density at radius 1 is 1.27 bits per heavy atom. The highest BCUT2D eigenvalue weighted by Gasteiger charge is 2.32. The average molecular weight is 441 g/mol. The molecule has 2 aliphatic heterocycles. The van der Waals surface area contributed by atoms with Crippen LogP contribution in [0.3, 0.4) is 0 Å². The molecule has 4 heterocycles. The molecule has 0 spiro atoms. The maximum absolute atomic E-state index is 13.4. The molecule has 2 saturated heterocycles. The van der Waals surface area contributed by atoms with Gasteiger partial charge in [-0.2, -0.15) is 0 Å². The van der Waals surface area contributed by atoms with Gasteiger partial charge in [0.25, 0.3) is 11.5 Å². The van der Waals surface area contributed by atoms with Crippen molar-refractivity contribution < 1.29 is 4.79 Å². The second-order valence-electron chi connectivity index (χ2n) is 8.02. The van der Waals surface area contributed by atoms with Gasteiger partial charge < -0.3 is 4.90 Å². The molecule has 0 saturated carbocycles. The van der Waals surface area contributed by atoms with E-state index in [2.05, 4.69) is 25.3 Å². The monoisotopic (exact) mass is 440 g/mol. The number of anilines is 1. The van der Waals surface area contributed by atoms with Crippen LogP contribution in [0.2, 0.25) is 0 Å². The van der Waals surface area contributed by atoms with E-state index in [4.69, 9.17) is 17.2 Å². The fourth-order valence-electron chi connectivity index (χ4n) is 4.21. The van der Waals surface area contributed by atoms with Crippen molar-refractivity contribution in [2.75, 3.05) is 24.5 Å². The molecule has 0 bridgehead atoms. The Kier molecular flexibility index (Phi) is 5.79. The Morgan fingerprint density at radius 2 is 2.00 bits per heavy atom. The topological polar surface area (TPSA) is 57.9 Å². The zero-order valence-corrected chi connectivity index (χ0v) is 18.7. The molecule has 2 aliphatic rings. The van der Waals surface area contributed by atoms with Gasteiger partial charge >= 0.3 is 0 Å². The van der Waals surface area contributed by atoms with Crippen molar-refractivity contribution >= 4 is 51.7 Å². The minimum atomic E-state index is -0.200. The lowest BCUT2D eigenvalue weighted by atomic mass is 9.91. The largest absolute Gasteiger partial charge is 0.355 e. The van der Waals surface area contributed by atoms with Crippen molar-refractivity contribution in [3.8, 4) is 0 Å². The maximum Gasteiger partial charge on any atom is 0.267 e. The number of hydrogen-bond donors (Lipinski definition) is 0. The third-order valence-electron chi connectivity index (χ3n) is 5.38. The number of nitrogens with zero attached hydrogens (tertiary/aromatic N) is 4. The summed E-state index contributed by atoms with van der Waals surface area (Å²) in [5, 5.41) is 0. The number of piperidine rings is 1. The van der Waals surface area contributed by atoms with Gasteiger partial charge in [-0.3, -0.25) is 18.9 Å². The molecule has 2 aromatic heterocycles. The predicted octanol–water partition coefficient (Wildman–Crippen LogP) is 3.56. The van der Waals surface area contributed by atoms with Gasteiger partial charge in [-0.25, -0.2) is 4.98 Å². The first-order chi connectivity index (χ1) is 14.4. The van der Waals surface area contributed by atoms with Crippen molar-refractivity contribution in [1.82, 2.24) is 14.3 Å². The van der Waals surface area contributed by atoms with Crippen molar-refractivity contribution in [1.29, 1.82) is 0 Å². The zero-order chi connectivity index (χ0) is 21.4. The molecule has 30 heavy (non-hydrogen) atoms. The molecule has 0 aliphatic carbocycles. The summed E-state index contributed by atoms with van der Waals surface area (Å²) in [7, 11) is 0. The Balaban J connectivity index is 1.87. The van der Waals surface area contributed by atoms with E-state index in [-0.39, 0.29) is 11.5 Å². The number of fused-ring (bicyclic) bond motifs is 1. The minimum Gasteiger partial charge on any atom is -0.355 e. The number of amides is 1. The summed E-state index contributed by atoms with van der Waals surface area (Å²) in [4.78, 5) is 35.2. The van der Waals surface area contributed by atoms with Gasteiger partial charge in [0, 0.05) is 25.8 Å². The molecule has 2 unspecified atom stereocenters. The molecule has 0 aromatic carbocycles. The molecular formula is C22H24N4O2S2. The third-order valence-corrected chi connectivity index (χ3v) is 6.76. The summed E-state index contributed by atoms with van der Waals surface area (Å²) in [6.45, 7) is 10.1. The molecule has 1 amide bonds. The summed E-state index contributed by atoms with van der Waals surface area (Å²) in [6, 6.07) is 5.50. The van der Waals surface area contributed by atoms with Gasteiger partial charge in [-0.05, 0) is 36.5 Å². The zero-order valence-electron chi connectivity index (χ0n) is 17.1. The maximum atomic E-state index is 13.4. The summed E-state index contributed by atoms with van der Waals surface area (Å²) < 4.78 is 2.00. The van der Waals surface area contributed by atoms with Crippen molar-refractivity contribution in [2.24, 2.45) is 11.8 Å². The molecule has 156 valence electrons. The van der Waals surface area contributed by atoms with Gasteiger partial charge in [0.15, 0.2) is 0 Å². The number of rotatable bonds is 4. The lowest BCUT2D eigenvalue weighted by molar-refractivity contribution is -0.121. The van der Waals surface area contributed by atoms with Crippen molar-refractivity contribution in [2.45, 2.75) is 20.3 Å². The van der Waals surface area contributed by atoms with Crippen LogP contribution < -0.4 is 10.5 Å². The SMILES string of the molecule is C=CCN1C(=O)C(=Cc2c(N3CC(C)CC(C)C3)nc3ccccn3c2=O)SC1=S. The third kappa shape index (κ3) is 3.81. The van der Waals surface area contributed by atoms with E-state index in [1.165, 1.54) is 21.1 Å². The Morgan fingerprint density at radius 3 is 2.70 bits per heavy atom.